The first-order valence-corrected chi connectivity index (χ1v) is 9.12. The summed E-state index contributed by atoms with van der Waals surface area (Å²) < 4.78 is 13.3. The molecular weight excluding hydrogens is 366 g/mol. The second-order valence-corrected chi connectivity index (χ2v) is 6.38. The van der Waals surface area contributed by atoms with E-state index in [1.807, 2.05) is 42.5 Å². The largest absolute Gasteiger partial charge is 0.493 e. The van der Waals surface area contributed by atoms with Crippen LogP contribution in [-0.4, -0.2) is 27.3 Å². The summed E-state index contributed by atoms with van der Waals surface area (Å²) in [7, 11) is 1.63. The maximum Gasteiger partial charge on any atom is 0.243 e. The van der Waals surface area contributed by atoms with Crippen molar-refractivity contribution < 1.29 is 9.47 Å². The third-order valence-corrected chi connectivity index (χ3v) is 4.19. The Labute approximate surface area is 163 Å². The van der Waals surface area contributed by atoms with E-state index in [1.165, 1.54) is 0 Å². The van der Waals surface area contributed by atoms with Crippen molar-refractivity contribution in [2.45, 2.75) is 33.0 Å². The molecule has 1 heterocycles. The molecule has 0 aliphatic carbocycles. The van der Waals surface area contributed by atoms with Crippen LogP contribution in [-0.2, 0) is 19.7 Å². The van der Waals surface area contributed by atoms with Crippen molar-refractivity contribution in [1.82, 2.24) is 20.2 Å². The van der Waals surface area contributed by atoms with Gasteiger partial charge >= 0.3 is 0 Å². The number of nitrogens with zero attached hydrogens (tertiary/aromatic N) is 4. The van der Waals surface area contributed by atoms with Crippen molar-refractivity contribution in [3.8, 4) is 11.5 Å². The number of hydrogen-bond donors (Lipinski definition) is 1. The summed E-state index contributed by atoms with van der Waals surface area (Å²) >= 11 is 6.05. The van der Waals surface area contributed by atoms with Crippen molar-refractivity contribution >= 4 is 17.5 Å². The van der Waals surface area contributed by atoms with Gasteiger partial charge in [0.25, 0.3) is 0 Å². The molecule has 8 heteroatoms. The highest BCUT2D eigenvalue weighted by atomic mass is 35.5. The number of nitrogens with one attached hydrogen (secondary N) is 1. The Morgan fingerprint density at radius 2 is 2.04 bits per heavy atom. The van der Waals surface area contributed by atoms with E-state index in [-0.39, 0.29) is 0 Å². The number of para-hydroxylation sites is 1. The molecule has 0 saturated heterocycles. The van der Waals surface area contributed by atoms with E-state index in [0.717, 1.165) is 24.1 Å². The van der Waals surface area contributed by atoms with Crippen molar-refractivity contribution in [3.63, 3.8) is 0 Å². The van der Waals surface area contributed by atoms with Crippen LogP contribution >= 0.6 is 11.6 Å². The number of hydrogen-bond acceptors (Lipinski definition) is 6. The van der Waals surface area contributed by atoms with Gasteiger partial charge in [-0.05, 0) is 40.6 Å². The minimum Gasteiger partial charge on any atom is -0.493 e. The van der Waals surface area contributed by atoms with Gasteiger partial charge in [-0.25, -0.2) is 4.68 Å². The Morgan fingerprint density at radius 3 is 2.81 bits per heavy atom. The Hall–Kier alpha value is -2.80. The SMILES string of the molecule is CCCn1nnnc1NCc1cccc(OC)c1OCc1cccc(Cl)c1. The zero-order valence-electron chi connectivity index (χ0n) is 15.4. The smallest absolute Gasteiger partial charge is 0.243 e. The summed E-state index contributed by atoms with van der Waals surface area (Å²) in [6.07, 6.45) is 0.951. The summed E-state index contributed by atoms with van der Waals surface area (Å²) in [5, 5.41) is 15.7. The van der Waals surface area contributed by atoms with E-state index in [4.69, 9.17) is 21.1 Å². The van der Waals surface area contributed by atoms with Gasteiger partial charge in [0.1, 0.15) is 6.61 Å². The lowest BCUT2D eigenvalue weighted by Gasteiger charge is -2.16. The molecule has 2 aromatic carbocycles. The van der Waals surface area contributed by atoms with Crippen LogP contribution in [0, 0.1) is 0 Å². The number of halogens is 1. The van der Waals surface area contributed by atoms with Crippen LogP contribution in [0.1, 0.15) is 24.5 Å². The van der Waals surface area contributed by atoms with Gasteiger partial charge in [0.15, 0.2) is 11.5 Å². The molecule has 1 aromatic heterocycles. The normalized spacial score (nSPS) is 10.6. The summed E-state index contributed by atoms with van der Waals surface area (Å²) in [5.74, 6) is 1.98. The second kappa shape index (κ2) is 9.23. The van der Waals surface area contributed by atoms with Crippen molar-refractivity contribution in [2.24, 2.45) is 0 Å². The molecule has 0 fully saturated rings. The fraction of sp³-hybridized carbons (Fsp3) is 0.316. The molecule has 0 unspecified atom stereocenters. The number of rotatable bonds is 9. The third-order valence-electron chi connectivity index (χ3n) is 3.96. The van der Waals surface area contributed by atoms with E-state index in [0.29, 0.717) is 35.6 Å². The minimum absolute atomic E-state index is 0.390. The molecule has 0 atom stereocenters. The highest BCUT2D eigenvalue weighted by Crippen LogP contribution is 2.32. The fourth-order valence-electron chi connectivity index (χ4n) is 2.68. The number of aryl methyl sites for hydroxylation is 1. The zero-order chi connectivity index (χ0) is 19.1. The van der Waals surface area contributed by atoms with Gasteiger partial charge in [-0.3, -0.25) is 0 Å². The average Bonchev–Trinajstić information content (AvgIpc) is 3.12. The number of methoxy groups -OCH3 is 1. The fourth-order valence-corrected chi connectivity index (χ4v) is 2.89. The maximum absolute atomic E-state index is 6.07. The van der Waals surface area contributed by atoms with E-state index in [2.05, 4.69) is 27.8 Å². The molecular formula is C19H22ClN5O2. The molecule has 0 bridgehead atoms. The Balaban J connectivity index is 1.75. The third kappa shape index (κ3) is 4.89. The van der Waals surface area contributed by atoms with Crippen LogP contribution in [0.3, 0.4) is 0 Å². The van der Waals surface area contributed by atoms with Crippen molar-refractivity contribution in [1.29, 1.82) is 0 Å². The van der Waals surface area contributed by atoms with E-state index in [9.17, 15) is 0 Å². The molecule has 142 valence electrons. The van der Waals surface area contributed by atoms with Gasteiger partial charge in [0, 0.05) is 23.7 Å². The molecule has 0 aliphatic heterocycles. The number of benzene rings is 2. The highest BCUT2D eigenvalue weighted by Gasteiger charge is 2.13. The van der Waals surface area contributed by atoms with Gasteiger partial charge < -0.3 is 14.8 Å². The molecule has 7 nitrogen and oxygen atoms in total. The van der Waals surface area contributed by atoms with E-state index < -0.39 is 0 Å². The van der Waals surface area contributed by atoms with Crippen LogP contribution in [0.4, 0.5) is 5.95 Å². The first-order valence-electron chi connectivity index (χ1n) is 8.74. The Kier molecular flexibility index (Phi) is 6.49. The van der Waals surface area contributed by atoms with Gasteiger partial charge in [-0.15, -0.1) is 0 Å². The predicted molar refractivity (Wildman–Crippen MR) is 104 cm³/mol. The quantitative estimate of drug-likeness (QED) is 0.599. The summed E-state index contributed by atoms with van der Waals surface area (Å²) in [6, 6.07) is 13.4. The predicted octanol–water partition coefficient (Wildman–Crippen LogP) is 3.94. The van der Waals surface area contributed by atoms with Gasteiger partial charge in [-0.1, -0.05) is 47.9 Å². The number of aromatic nitrogens is 4. The molecule has 0 radical (unpaired) electrons. The monoisotopic (exact) mass is 387 g/mol. The molecule has 3 aromatic rings. The van der Waals surface area contributed by atoms with Crippen molar-refractivity contribution in [3.05, 3.63) is 58.6 Å². The van der Waals surface area contributed by atoms with Crippen LogP contribution in [0.5, 0.6) is 11.5 Å². The Bertz CT molecular complexity index is 884. The van der Waals surface area contributed by atoms with Crippen LogP contribution in [0.15, 0.2) is 42.5 Å². The van der Waals surface area contributed by atoms with Crippen LogP contribution in [0.2, 0.25) is 5.02 Å². The maximum atomic E-state index is 6.07. The Morgan fingerprint density at radius 1 is 1.19 bits per heavy atom. The van der Waals surface area contributed by atoms with Gasteiger partial charge in [0.2, 0.25) is 5.95 Å². The number of anilines is 1. The molecule has 27 heavy (non-hydrogen) atoms. The van der Waals surface area contributed by atoms with Gasteiger partial charge in [0.05, 0.1) is 7.11 Å². The summed E-state index contributed by atoms with van der Waals surface area (Å²) in [5.41, 5.74) is 1.93. The molecule has 3 rings (SSSR count). The summed E-state index contributed by atoms with van der Waals surface area (Å²) in [4.78, 5) is 0. The lowest BCUT2D eigenvalue weighted by Crippen LogP contribution is -2.10. The summed E-state index contributed by atoms with van der Waals surface area (Å²) in [6.45, 7) is 3.73. The lowest BCUT2D eigenvalue weighted by atomic mass is 10.1. The highest BCUT2D eigenvalue weighted by molar-refractivity contribution is 6.30. The first kappa shape index (κ1) is 19.0. The lowest BCUT2D eigenvalue weighted by molar-refractivity contribution is 0.281. The van der Waals surface area contributed by atoms with Gasteiger partial charge in [-0.2, -0.15) is 0 Å². The van der Waals surface area contributed by atoms with Crippen LogP contribution in [0.25, 0.3) is 0 Å². The average molecular weight is 388 g/mol. The van der Waals surface area contributed by atoms with E-state index in [1.54, 1.807) is 11.8 Å². The molecule has 0 amide bonds. The number of tetrazole rings is 1. The molecule has 0 spiro atoms. The first-order chi connectivity index (χ1) is 13.2. The molecule has 1 N–H and O–H groups in total. The minimum atomic E-state index is 0.390. The molecule has 0 saturated carbocycles. The van der Waals surface area contributed by atoms with Crippen LogP contribution < -0.4 is 14.8 Å². The van der Waals surface area contributed by atoms with E-state index >= 15 is 0 Å². The standard InChI is InChI=1S/C19H22ClN5O2/c1-3-10-25-19(22-23-24-25)21-12-15-7-5-9-17(26-2)18(15)27-13-14-6-4-8-16(20)11-14/h4-9,11H,3,10,12-13H2,1-2H3,(H,21,22,24). The number of ether oxygens (including phenoxy) is 2. The zero-order valence-corrected chi connectivity index (χ0v) is 16.1. The molecule has 0 aliphatic rings. The van der Waals surface area contributed by atoms with Crippen molar-refractivity contribution in [2.75, 3.05) is 12.4 Å². The topological polar surface area (TPSA) is 74.1 Å². The second-order valence-electron chi connectivity index (χ2n) is 5.95.